The number of hydrogen-bond donors (Lipinski definition) is 0. The molecular formula is C12H23PSe4. The van der Waals surface area contributed by atoms with E-state index in [4.69, 9.17) is 0 Å². The zero-order valence-electron chi connectivity index (χ0n) is 10.3. The molecule has 0 aromatic heterocycles. The molecule has 0 radical (unpaired) electrons. The van der Waals surface area contributed by atoms with E-state index in [1.165, 1.54) is 38.5 Å². The van der Waals surface area contributed by atoms with Crippen LogP contribution >= 0.6 is 1.58 Å². The van der Waals surface area contributed by atoms with Crippen molar-refractivity contribution in [1.82, 2.24) is 0 Å². The van der Waals surface area contributed by atoms with Gasteiger partial charge < -0.3 is 0 Å². The van der Waals surface area contributed by atoms with Crippen LogP contribution in [0.3, 0.4) is 0 Å². The minimum atomic E-state index is -0.642. The average molecular weight is 514 g/mol. The Labute approximate surface area is 134 Å². The molecule has 0 saturated heterocycles. The van der Waals surface area contributed by atoms with Gasteiger partial charge in [-0.2, -0.15) is 0 Å². The molecular weight excluding hydrogens is 491 g/mol. The second-order valence-corrected chi connectivity index (χ2v) is 48.6. The molecule has 17 heavy (non-hydrogen) atoms. The van der Waals surface area contributed by atoms with E-state index in [-0.39, 0.29) is 0 Å². The Balaban J connectivity index is 1.78. The van der Waals surface area contributed by atoms with E-state index in [9.17, 15) is 0 Å². The van der Waals surface area contributed by atoms with E-state index in [1.54, 1.807) is 25.7 Å². The van der Waals surface area contributed by atoms with Gasteiger partial charge in [0.15, 0.2) is 0 Å². The molecule has 0 N–H and O–H groups in total. The second-order valence-electron chi connectivity index (χ2n) is 5.20. The summed E-state index contributed by atoms with van der Waals surface area (Å²) in [5, 5.41) is 0. The first-order chi connectivity index (χ1) is 8.16. The van der Waals surface area contributed by atoms with Crippen LogP contribution in [0, 0.1) is 0 Å². The molecule has 2 aliphatic rings. The van der Waals surface area contributed by atoms with Crippen molar-refractivity contribution >= 4 is 61.3 Å². The average Bonchev–Trinajstić information content (AvgIpc) is 2.30. The third kappa shape index (κ3) is 6.21. The first-order valence-corrected chi connectivity index (χ1v) is 19.7. The second kappa shape index (κ2) is 8.07. The molecule has 0 nitrogen and oxygen atoms in total. The van der Waals surface area contributed by atoms with Crippen molar-refractivity contribution in [3.63, 3.8) is 0 Å². The Kier molecular flexibility index (Phi) is 7.55. The summed E-state index contributed by atoms with van der Waals surface area (Å²) in [4.78, 5) is 2.28. The molecule has 0 unspecified atom stereocenters. The van der Waals surface area contributed by atoms with E-state index in [1.807, 2.05) is 0 Å². The Morgan fingerprint density at radius 1 is 0.765 bits per heavy atom. The monoisotopic (exact) mass is 518 g/mol. The van der Waals surface area contributed by atoms with Crippen LogP contribution in [0.25, 0.3) is 0 Å². The van der Waals surface area contributed by atoms with Crippen molar-refractivity contribution in [3.05, 3.63) is 0 Å². The molecule has 0 atom stereocenters. The summed E-state index contributed by atoms with van der Waals surface area (Å²) >= 11 is 8.74. The van der Waals surface area contributed by atoms with Gasteiger partial charge in [0, 0.05) is 0 Å². The van der Waals surface area contributed by atoms with Crippen LogP contribution in [-0.2, 0) is 0 Å². The molecule has 0 aliphatic heterocycles. The Morgan fingerprint density at radius 3 is 1.47 bits per heavy atom. The predicted octanol–water partition coefficient (Wildman–Crippen LogP) is 3.65. The Morgan fingerprint density at radius 2 is 1.12 bits per heavy atom. The van der Waals surface area contributed by atoms with Gasteiger partial charge in [0.1, 0.15) is 0 Å². The third-order valence-electron chi connectivity index (χ3n) is 3.67. The van der Waals surface area contributed by atoms with Crippen molar-refractivity contribution in [1.29, 1.82) is 0 Å². The zero-order valence-corrected chi connectivity index (χ0v) is 18.3. The van der Waals surface area contributed by atoms with Crippen LogP contribution in [0.5, 0.6) is 0 Å². The van der Waals surface area contributed by atoms with Crippen LogP contribution < -0.4 is 0 Å². The summed E-state index contributed by atoms with van der Waals surface area (Å²) in [5.41, 5.74) is 0. The molecule has 0 aromatic rings. The molecule has 5 heteroatoms. The van der Waals surface area contributed by atoms with Crippen molar-refractivity contribution in [2.75, 3.05) is 0 Å². The Bertz CT molecular complexity index is 246. The molecule has 100 valence electrons. The summed E-state index contributed by atoms with van der Waals surface area (Å²) < 4.78 is -0.642. The van der Waals surface area contributed by atoms with E-state index in [0.717, 1.165) is 38.7 Å². The number of hydrogen-bond acceptors (Lipinski definition) is 0. The molecule has 0 aromatic carbocycles. The topological polar surface area (TPSA) is 0 Å². The summed E-state index contributed by atoms with van der Waals surface area (Å²) in [5.74, 6) is 0. The summed E-state index contributed by atoms with van der Waals surface area (Å²) in [6.45, 7) is 0. The van der Waals surface area contributed by atoms with Gasteiger partial charge in [-0.05, 0) is 0 Å². The summed E-state index contributed by atoms with van der Waals surface area (Å²) in [6.07, 6.45) is 15.3. The standard InChI is InChI=1S/C12H23PSe4/c14-13(15,16-11-7-3-1-4-8-11)17-12-9-5-2-6-10-12/h11-12H,1-10H2,(H,14,15). The first-order valence-electron chi connectivity index (χ1n) is 6.85. The van der Waals surface area contributed by atoms with Crippen molar-refractivity contribution in [2.45, 2.75) is 73.8 Å². The van der Waals surface area contributed by atoms with Crippen LogP contribution in [0.4, 0.5) is 0 Å². The van der Waals surface area contributed by atoms with E-state index < -0.39 is 1.58 Å². The van der Waals surface area contributed by atoms with E-state index >= 15 is 0 Å². The van der Waals surface area contributed by atoms with Gasteiger partial charge in [0.2, 0.25) is 0 Å². The summed E-state index contributed by atoms with van der Waals surface area (Å²) in [7, 11) is 0. The molecule has 0 heterocycles. The quantitative estimate of drug-likeness (QED) is 0.398. The summed E-state index contributed by atoms with van der Waals surface area (Å²) in [6, 6.07) is 0. The van der Waals surface area contributed by atoms with Gasteiger partial charge in [-0.3, -0.25) is 0 Å². The molecule has 0 amide bonds. The molecule has 2 rings (SSSR count). The van der Waals surface area contributed by atoms with E-state index in [2.05, 4.69) is 30.7 Å². The van der Waals surface area contributed by atoms with Crippen LogP contribution in [0.2, 0.25) is 9.63 Å². The molecule has 0 bridgehead atoms. The zero-order chi connectivity index (χ0) is 12.1. The van der Waals surface area contributed by atoms with Crippen molar-refractivity contribution in [3.8, 4) is 0 Å². The maximum absolute atomic E-state index is 3.69. The Hall–Kier alpha value is 2.51. The normalized spacial score (nSPS) is 25.0. The van der Waals surface area contributed by atoms with Gasteiger partial charge >= 0.3 is 135 Å². The third-order valence-corrected chi connectivity index (χ3v) is 31.3. The van der Waals surface area contributed by atoms with Crippen LogP contribution in [0.1, 0.15) is 64.2 Å². The molecule has 2 saturated carbocycles. The molecule has 2 fully saturated rings. The first kappa shape index (κ1) is 15.9. The predicted molar refractivity (Wildman–Crippen MR) is 85.0 cm³/mol. The van der Waals surface area contributed by atoms with Gasteiger partial charge in [0.25, 0.3) is 0 Å². The molecule has 2 aliphatic carbocycles. The van der Waals surface area contributed by atoms with Crippen molar-refractivity contribution in [2.24, 2.45) is 0 Å². The van der Waals surface area contributed by atoms with E-state index in [0.29, 0.717) is 0 Å². The number of rotatable bonds is 4. The maximum atomic E-state index is 3.69. The van der Waals surface area contributed by atoms with Gasteiger partial charge in [-0.1, -0.05) is 0 Å². The fourth-order valence-corrected chi connectivity index (χ4v) is 39.3. The SMILES string of the molecule is [Se]=P([SeH])([Se]C1CCCCC1)[Se]C1CCCCC1. The van der Waals surface area contributed by atoms with Gasteiger partial charge in [0.05, 0.1) is 0 Å². The fraction of sp³-hybridized carbons (Fsp3) is 1.00. The van der Waals surface area contributed by atoms with Gasteiger partial charge in [-0.25, -0.2) is 0 Å². The fourth-order valence-electron chi connectivity index (χ4n) is 2.74. The van der Waals surface area contributed by atoms with Crippen LogP contribution in [0.15, 0.2) is 0 Å². The van der Waals surface area contributed by atoms with Crippen molar-refractivity contribution < 1.29 is 0 Å². The minimum absolute atomic E-state index is 0.642. The van der Waals surface area contributed by atoms with Gasteiger partial charge in [-0.15, -0.1) is 0 Å². The van der Waals surface area contributed by atoms with Crippen LogP contribution in [-0.4, -0.2) is 59.7 Å². The molecule has 0 spiro atoms.